The summed E-state index contributed by atoms with van der Waals surface area (Å²) in [4.78, 5) is 21.5. The van der Waals surface area contributed by atoms with E-state index in [1.165, 1.54) is 24.3 Å². The number of rotatable bonds is 7. The number of esters is 1. The molecule has 0 aromatic heterocycles. The van der Waals surface area contributed by atoms with Gasteiger partial charge in [0.05, 0.1) is 10.9 Å². The summed E-state index contributed by atoms with van der Waals surface area (Å²) in [5.74, 6) is -1.54. The van der Waals surface area contributed by atoms with Gasteiger partial charge in [-0.15, -0.1) is 0 Å². The van der Waals surface area contributed by atoms with Crippen LogP contribution in [0.15, 0.2) is 29.2 Å². The second kappa shape index (κ2) is 8.64. The molecule has 10 heteroatoms. The summed E-state index contributed by atoms with van der Waals surface area (Å²) in [7, 11) is -3.41. The lowest BCUT2D eigenvalue weighted by atomic mass is 10.0. The number of alkyl halides is 3. The molecule has 0 bridgehead atoms. The molecular weight excluding hydrogens is 384 g/mol. The monoisotopic (exact) mass is 399 g/mol. The number of nitrogens with one attached hydrogen (secondary N) is 1. The number of benzene rings is 1. The van der Waals surface area contributed by atoms with Crippen LogP contribution in [0.1, 0.15) is 18.6 Å². The van der Waals surface area contributed by atoms with Gasteiger partial charge in [-0.3, -0.25) is 9.59 Å². The van der Waals surface area contributed by atoms with Crippen LogP contribution in [0.25, 0.3) is 0 Å². The highest BCUT2D eigenvalue weighted by Gasteiger charge is 2.29. The van der Waals surface area contributed by atoms with Gasteiger partial charge in [-0.25, -0.2) is 12.8 Å². The molecular formula is C14H16Cl2FNO5S. The molecule has 1 amide bonds. The molecule has 0 aliphatic heterocycles. The molecule has 0 saturated heterocycles. The van der Waals surface area contributed by atoms with Crippen LogP contribution in [0.5, 0.6) is 0 Å². The van der Waals surface area contributed by atoms with Crippen LogP contribution in [-0.4, -0.2) is 44.1 Å². The molecule has 0 spiro atoms. The van der Waals surface area contributed by atoms with Crippen molar-refractivity contribution in [3.8, 4) is 0 Å². The van der Waals surface area contributed by atoms with Crippen molar-refractivity contribution in [1.29, 1.82) is 0 Å². The smallest absolute Gasteiger partial charge is 0.303 e. The zero-order valence-electron chi connectivity index (χ0n) is 12.8. The van der Waals surface area contributed by atoms with Gasteiger partial charge < -0.3 is 10.1 Å². The molecule has 1 aromatic rings. The lowest BCUT2D eigenvalue weighted by molar-refractivity contribution is -0.149. The SMILES string of the molecule is CC(=O)O[C@H](c1ccc(S(C)(=O)=O)cc1)[C@@H](CF)NC(=O)C(Cl)Cl. The fourth-order valence-electron chi connectivity index (χ4n) is 1.91. The first kappa shape index (κ1) is 20.7. The third kappa shape index (κ3) is 5.92. The minimum atomic E-state index is -3.41. The van der Waals surface area contributed by atoms with E-state index < -0.39 is 45.4 Å². The first-order chi connectivity index (χ1) is 11.1. The van der Waals surface area contributed by atoms with Crippen molar-refractivity contribution >= 4 is 44.9 Å². The zero-order valence-corrected chi connectivity index (χ0v) is 15.2. The molecule has 0 aliphatic carbocycles. The lowest BCUT2D eigenvalue weighted by Crippen LogP contribution is -2.44. The Balaban J connectivity index is 3.15. The van der Waals surface area contributed by atoms with Crippen molar-refractivity contribution in [2.24, 2.45) is 0 Å². The minimum absolute atomic E-state index is 0.0511. The second-order valence-corrected chi connectivity index (χ2v) is 8.05. The van der Waals surface area contributed by atoms with Crippen LogP contribution in [0.2, 0.25) is 0 Å². The molecule has 0 heterocycles. The van der Waals surface area contributed by atoms with Crippen molar-refractivity contribution in [3.63, 3.8) is 0 Å². The third-order valence-corrected chi connectivity index (χ3v) is 4.51. The zero-order chi connectivity index (χ0) is 18.5. The topological polar surface area (TPSA) is 89.5 Å². The third-order valence-electron chi connectivity index (χ3n) is 2.99. The van der Waals surface area contributed by atoms with E-state index in [-0.39, 0.29) is 4.90 Å². The number of sulfone groups is 1. The largest absolute Gasteiger partial charge is 0.455 e. The first-order valence-corrected chi connectivity index (χ1v) is 9.44. The Bertz CT molecular complexity index is 694. The van der Waals surface area contributed by atoms with E-state index in [4.69, 9.17) is 27.9 Å². The standard InChI is InChI=1S/C14H16Cl2FNO5S/c1-8(19)23-12(11(7-17)18-14(20)13(15)16)9-3-5-10(6-4-9)24(2,21)22/h3-6,11-13H,7H2,1-2H3,(H,18,20)/t11-,12-/m1/s1. The van der Waals surface area contributed by atoms with Crippen molar-refractivity contribution in [1.82, 2.24) is 5.32 Å². The van der Waals surface area contributed by atoms with Crippen LogP contribution in [-0.2, 0) is 24.2 Å². The van der Waals surface area contributed by atoms with Crippen LogP contribution in [0, 0.1) is 0 Å². The van der Waals surface area contributed by atoms with E-state index in [9.17, 15) is 22.4 Å². The molecule has 0 unspecified atom stereocenters. The molecule has 2 atom stereocenters. The maximum Gasteiger partial charge on any atom is 0.303 e. The first-order valence-electron chi connectivity index (χ1n) is 6.68. The molecule has 1 N–H and O–H groups in total. The Morgan fingerprint density at radius 3 is 2.17 bits per heavy atom. The average Bonchev–Trinajstić information content (AvgIpc) is 2.49. The molecule has 24 heavy (non-hydrogen) atoms. The number of hydrogen-bond donors (Lipinski definition) is 1. The predicted molar refractivity (Wildman–Crippen MR) is 87.5 cm³/mol. The van der Waals surface area contributed by atoms with E-state index >= 15 is 0 Å². The van der Waals surface area contributed by atoms with Gasteiger partial charge in [0.1, 0.15) is 12.8 Å². The number of carbonyl (C=O) groups excluding carboxylic acids is 2. The number of amides is 1. The summed E-state index contributed by atoms with van der Waals surface area (Å²) < 4.78 is 41.4. The van der Waals surface area contributed by atoms with Crippen molar-refractivity contribution in [3.05, 3.63) is 29.8 Å². The Morgan fingerprint density at radius 2 is 1.79 bits per heavy atom. The molecule has 6 nitrogen and oxygen atoms in total. The van der Waals surface area contributed by atoms with Crippen LogP contribution in [0.4, 0.5) is 4.39 Å². The Hall–Kier alpha value is -1.38. The Labute approximate surface area is 149 Å². The van der Waals surface area contributed by atoms with Gasteiger partial charge >= 0.3 is 5.97 Å². The quantitative estimate of drug-likeness (QED) is 0.558. The van der Waals surface area contributed by atoms with E-state index in [0.29, 0.717) is 5.56 Å². The van der Waals surface area contributed by atoms with Gasteiger partial charge in [-0.05, 0) is 17.7 Å². The molecule has 1 rings (SSSR count). The van der Waals surface area contributed by atoms with Gasteiger partial charge in [0.15, 0.2) is 14.7 Å². The van der Waals surface area contributed by atoms with Crippen molar-refractivity contribution in [2.45, 2.75) is 28.8 Å². The summed E-state index contributed by atoms with van der Waals surface area (Å²) in [6.45, 7) is 0.0684. The maximum absolute atomic E-state index is 13.3. The highest BCUT2D eigenvalue weighted by atomic mass is 35.5. The normalized spacial score (nSPS) is 14.1. The highest BCUT2D eigenvalue weighted by Crippen LogP contribution is 2.24. The van der Waals surface area contributed by atoms with Crippen molar-refractivity contribution in [2.75, 3.05) is 12.9 Å². The van der Waals surface area contributed by atoms with Crippen molar-refractivity contribution < 1.29 is 27.1 Å². The minimum Gasteiger partial charge on any atom is -0.455 e. The maximum atomic E-state index is 13.3. The van der Waals surface area contributed by atoms with Gasteiger partial charge in [-0.1, -0.05) is 35.3 Å². The summed E-state index contributed by atoms with van der Waals surface area (Å²) >= 11 is 10.8. The second-order valence-electron chi connectivity index (χ2n) is 4.94. The summed E-state index contributed by atoms with van der Waals surface area (Å²) in [5, 5.41) is 2.24. The number of hydrogen-bond acceptors (Lipinski definition) is 5. The van der Waals surface area contributed by atoms with E-state index in [0.717, 1.165) is 13.2 Å². The molecule has 0 aliphatic rings. The molecule has 0 saturated carbocycles. The van der Waals surface area contributed by atoms with Crippen LogP contribution < -0.4 is 5.32 Å². The van der Waals surface area contributed by atoms with E-state index in [1.54, 1.807) is 0 Å². The fraction of sp³-hybridized carbons (Fsp3) is 0.429. The number of ether oxygens (including phenoxy) is 1. The fourth-order valence-corrected chi connectivity index (χ4v) is 2.66. The number of carbonyl (C=O) groups is 2. The average molecular weight is 400 g/mol. The highest BCUT2D eigenvalue weighted by molar-refractivity contribution is 7.90. The van der Waals surface area contributed by atoms with Gasteiger partial charge in [0, 0.05) is 13.2 Å². The van der Waals surface area contributed by atoms with Crippen LogP contribution in [0.3, 0.4) is 0 Å². The summed E-state index contributed by atoms with van der Waals surface area (Å²) in [5.41, 5.74) is 0.307. The molecule has 0 radical (unpaired) electrons. The summed E-state index contributed by atoms with van der Waals surface area (Å²) in [6, 6.07) is 4.11. The molecule has 0 fully saturated rings. The van der Waals surface area contributed by atoms with Crippen LogP contribution >= 0.6 is 23.2 Å². The van der Waals surface area contributed by atoms with Gasteiger partial charge in [0.25, 0.3) is 5.91 Å². The lowest BCUT2D eigenvalue weighted by Gasteiger charge is -2.26. The number of halogens is 3. The summed E-state index contributed by atoms with van der Waals surface area (Å²) in [6.07, 6.45) is -0.130. The molecule has 1 aromatic carbocycles. The Kier molecular flexibility index (Phi) is 7.44. The van der Waals surface area contributed by atoms with E-state index in [1.807, 2.05) is 0 Å². The predicted octanol–water partition coefficient (Wildman–Crippen LogP) is 1.95. The van der Waals surface area contributed by atoms with E-state index in [2.05, 4.69) is 5.32 Å². The molecule has 134 valence electrons. The Morgan fingerprint density at radius 1 is 1.25 bits per heavy atom. The van der Waals surface area contributed by atoms with Gasteiger partial charge in [-0.2, -0.15) is 0 Å². The van der Waals surface area contributed by atoms with Gasteiger partial charge in [0.2, 0.25) is 0 Å².